The summed E-state index contributed by atoms with van der Waals surface area (Å²) in [7, 11) is 0. The molecular weight excluding hydrogens is 278 g/mol. The first-order valence-corrected chi connectivity index (χ1v) is 8.64. The van der Waals surface area contributed by atoms with E-state index in [2.05, 4.69) is 36.7 Å². The molecule has 114 valence electrons. The second-order valence-corrected chi connectivity index (χ2v) is 6.61. The minimum Gasteiger partial charge on any atom is -0.508 e. The molecule has 2 nitrogen and oxygen atoms in total. The lowest BCUT2D eigenvalue weighted by atomic mass is 10.0. The third-order valence-corrected chi connectivity index (χ3v) is 4.74. The Morgan fingerprint density at radius 3 is 2.52 bits per heavy atom. The van der Waals surface area contributed by atoms with Crippen LogP contribution in [0.25, 0.3) is 0 Å². The maximum atomic E-state index is 9.31. The normalized spacial score (nSPS) is 14.0. The summed E-state index contributed by atoms with van der Waals surface area (Å²) in [6.45, 7) is 4.50. The fraction of sp³-hybridized carbons (Fsp3) is 0.444. The number of aromatic hydroxyl groups is 1. The largest absolute Gasteiger partial charge is 0.508 e. The van der Waals surface area contributed by atoms with Gasteiger partial charge in [0.05, 0.1) is 0 Å². The molecule has 21 heavy (non-hydrogen) atoms. The van der Waals surface area contributed by atoms with Gasteiger partial charge in [0.2, 0.25) is 0 Å². The van der Waals surface area contributed by atoms with Crippen LogP contribution in [0.5, 0.6) is 5.75 Å². The van der Waals surface area contributed by atoms with Crippen LogP contribution in [0.4, 0.5) is 0 Å². The number of hydrogen-bond acceptors (Lipinski definition) is 3. The van der Waals surface area contributed by atoms with Crippen LogP contribution >= 0.6 is 11.3 Å². The number of benzene rings is 1. The molecule has 0 saturated heterocycles. The van der Waals surface area contributed by atoms with E-state index < -0.39 is 0 Å². The monoisotopic (exact) mass is 303 g/mol. The molecule has 0 aliphatic carbocycles. The summed E-state index contributed by atoms with van der Waals surface area (Å²) in [5.74, 6) is 0.339. The van der Waals surface area contributed by atoms with Gasteiger partial charge in [0, 0.05) is 17.0 Å². The van der Waals surface area contributed by atoms with Crippen molar-refractivity contribution in [3.63, 3.8) is 0 Å². The third-order valence-electron chi connectivity index (χ3n) is 3.75. The summed E-state index contributed by atoms with van der Waals surface area (Å²) >= 11 is 1.84. The van der Waals surface area contributed by atoms with Crippen LogP contribution in [0.1, 0.15) is 49.6 Å². The van der Waals surface area contributed by atoms with Crippen LogP contribution in [0, 0.1) is 0 Å². The van der Waals surface area contributed by atoms with Crippen LogP contribution in [-0.2, 0) is 6.42 Å². The van der Waals surface area contributed by atoms with Gasteiger partial charge in [0.25, 0.3) is 0 Å². The summed E-state index contributed by atoms with van der Waals surface area (Å²) in [6, 6.07) is 12.9. The number of thiophene rings is 1. The number of nitrogens with one attached hydrogen (secondary N) is 1. The molecule has 2 unspecified atom stereocenters. The van der Waals surface area contributed by atoms with Gasteiger partial charge in [0.1, 0.15) is 5.75 Å². The molecule has 2 atom stereocenters. The van der Waals surface area contributed by atoms with Crippen molar-refractivity contribution in [1.82, 2.24) is 5.32 Å². The number of phenols is 1. The average molecular weight is 303 g/mol. The lowest BCUT2D eigenvalue weighted by molar-refractivity contribution is 0.419. The number of rotatable bonds is 8. The number of hydrogen-bond donors (Lipinski definition) is 2. The molecule has 1 aromatic carbocycles. The van der Waals surface area contributed by atoms with E-state index in [9.17, 15) is 5.11 Å². The topological polar surface area (TPSA) is 32.3 Å². The minimum atomic E-state index is 0.339. The Bertz CT molecular complexity index is 507. The highest BCUT2D eigenvalue weighted by atomic mass is 32.1. The van der Waals surface area contributed by atoms with E-state index in [0.29, 0.717) is 17.8 Å². The van der Waals surface area contributed by atoms with Gasteiger partial charge in [-0.1, -0.05) is 31.5 Å². The van der Waals surface area contributed by atoms with Crippen LogP contribution in [0.3, 0.4) is 0 Å². The Balaban J connectivity index is 1.84. The lowest BCUT2D eigenvalue weighted by Gasteiger charge is -2.22. The molecule has 0 aliphatic heterocycles. The Labute approximate surface area is 131 Å². The van der Waals surface area contributed by atoms with Crippen molar-refractivity contribution in [2.75, 3.05) is 0 Å². The molecule has 1 aromatic heterocycles. The summed E-state index contributed by atoms with van der Waals surface area (Å²) in [5, 5.41) is 15.2. The van der Waals surface area contributed by atoms with Crippen LogP contribution in [-0.4, -0.2) is 11.1 Å². The van der Waals surface area contributed by atoms with E-state index in [4.69, 9.17) is 0 Å². The Kier molecular flexibility index (Phi) is 6.27. The molecule has 0 fully saturated rings. The van der Waals surface area contributed by atoms with Gasteiger partial charge >= 0.3 is 0 Å². The highest BCUT2D eigenvalue weighted by Gasteiger charge is 2.14. The molecular formula is C18H25NOS. The zero-order valence-electron chi connectivity index (χ0n) is 12.9. The fourth-order valence-electron chi connectivity index (χ4n) is 2.56. The maximum Gasteiger partial charge on any atom is 0.115 e. The summed E-state index contributed by atoms with van der Waals surface area (Å²) in [4.78, 5) is 1.44. The molecule has 0 aliphatic rings. The Morgan fingerprint density at radius 2 is 1.90 bits per heavy atom. The average Bonchev–Trinajstić information content (AvgIpc) is 3.00. The van der Waals surface area contributed by atoms with Crippen molar-refractivity contribution < 1.29 is 5.11 Å². The molecule has 2 N–H and O–H groups in total. The highest BCUT2D eigenvalue weighted by molar-refractivity contribution is 7.10. The van der Waals surface area contributed by atoms with Gasteiger partial charge in [-0.25, -0.2) is 0 Å². The summed E-state index contributed by atoms with van der Waals surface area (Å²) in [6.07, 6.45) is 4.53. The van der Waals surface area contributed by atoms with Gasteiger partial charge in [-0.2, -0.15) is 0 Å². The van der Waals surface area contributed by atoms with Crippen molar-refractivity contribution >= 4 is 11.3 Å². The first-order valence-electron chi connectivity index (χ1n) is 7.76. The Hall–Kier alpha value is -1.32. The van der Waals surface area contributed by atoms with Crippen molar-refractivity contribution in [1.29, 1.82) is 0 Å². The van der Waals surface area contributed by atoms with Gasteiger partial charge in [-0.15, -0.1) is 11.3 Å². The molecule has 2 aromatic rings. The van der Waals surface area contributed by atoms with Gasteiger partial charge in [-0.05, 0) is 55.3 Å². The quantitative estimate of drug-likeness (QED) is 0.726. The predicted molar refractivity (Wildman–Crippen MR) is 91.0 cm³/mol. The van der Waals surface area contributed by atoms with Gasteiger partial charge < -0.3 is 10.4 Å². The minimum absolute atomic E-state index is 0.339. The second-order valence-electron chi connectivity index (χ2n) is 5.63. The Morgan fingerprint density at radius 1 is 1.14 bits per heavy atom. The van der Waals surface area contributed by atoms with E-state index in [1.165, 1.54) is 23.3 Å². The smallest absolute Gasteiger partial charge is 0.115 e. The predicted octanol–water partition coefficient (Wildman–Crippen LogP) is 4.91. The second kappa shape index (κ2) is 8.20. The molecule has 0 bridgehead atoms. The maximum absolute atomic E-state index is 9.31. The van der Waals surface area contributed by atoms with Crippen molar-refractivity contribution in [3.8, 4) is 5.75 Å². The molecule has 0 saturated carbocycles. The molecule has 0 amide bonds. The van der Waals surface area contributed by atoms with Crippen LogP contribution < -0.4 is 5.32 Å². The summed E-state index contributed by atoms with van der Waals surface area (Å²) in [5.41, 5.74) is 1.28. The lowest BCUT2D eigenvalue weighted by Crippen LogP contribution is -2.30. The standard InChI is InChI=1S/C18H25NOS/c1-3-5-17(18-6-4-13-21-18)19-14(2)7-8-15-9-11-16(20)12-10-15/h4,6,9-14,17,19-20H,3,5,7-8H2,1-2H3. The van der Waals surface area contributed by atoms with E-state index >= 15 is 0 Å². The molecule has 1 heterocycles. The van der Waals surface area contributed by atoms with Crippen molar-refractivity contribution in [2.24, 2.45) is 0 Å². The SMILES string of the molecule is CCCC(NC(C)CCc1ccc(O)cc1)c1cccs1. The highest BCUT2D eigenvalue weighted by Crippen LogP contribution is 2.24. The number of phenolic OH excluding ortho intramolecular Hbond substituents is 1. The zero-order valence-corrected chi connectivity index (χ0v) is 13.7. The number of aryl methyl sites for hydroxylation is 1. The molecule has 2 rings (SSSR count). The van der Waals surface area contributed by atoms with E-state index in [0.717, 1.165) is 12.8 Å². The van der Waals surface area contributed by atoms with E-state index in [-0.39, 0.29) is 0 Å². The van der Waals surface area contributed by atoms with Gasteiger partial charge in [0.15, 0.2) is 0 Å². The first-order chi connectivity index (χ1) is 10.2. The fourth-order valence-corrected chi connectivity index (χ4v) is 3.38. The van der Waals surface area contributed by atoms with Crippen molar-refractivity contribution in [3.05, 3.63) is 52.2 Å². The van der Waals surface area contributed by atoms with Crippen molar-refractivity contribution in [2.45, 2.75) is 51.6 Å². The third kappa shape index (κ3) is 5.18. The van der Waals surface area contributed by atoms with Crippen LogP contribution in [0.15, 0.2) is 41.8 Å². The van der Waals surface area contributed by atoms with E-state index in [1.54, 1.807) is 12.1 Å². The van der Waals surface area contributed by atoms with Gasteiger partial charge in [-0.3, -0.25) is 0 Å². The summed E-state index contributed by atoms with van der Waals surface area (Å²) < 4.78 is 0. The molecule has 3 heteroatoms. The van der Waals surface area contributed by atoms with E-state index in [1.807, 2.05) is 23.5 Å². The molecule has 0 spiro atoms. The first kappa shape index (κ1) is 16.1. The molecule has 0 radical (unpaired) electrons. The van der Waals surface area contributed by atoms with Crippen LogP contribution in [0.2, 0.25) is 0 Å². The zero-order chi connectivity index (χ0) is 15.1.